The molecule has 4 rings (SSSR count). The fourth-order valence-corrected chi connectivity index (χ4v) is 3.43. The van der Waals surface area contributed by atoms with Crippen molar-refractivity contribution in [3.05, 3.63) is 64.9 Å². The average Bonchev–Trinajstić information content (AvgIpc) is 3.25. The van der Waals surface area contributed by atoms with Crippen molar-refractivity contribution in [3.63, 3.8) is 0 Å². The monoisotopic (exact) mass is 435 g/mol. The minimum Gasteiger partial charge on any atom is -0.493 e. The van der Waals surface area contributed by atoms with Gasteiger partial charge >= 0.3 is 0 Å². The van der Waals surface area contributed by atoms with Gasteiger partial charge in [0.15, 0.2) is 28.8 Å². The molecule has 0 saturated heterocycles. The number of allylic oxidation sites excluding steroid dienone is 1. The summed E-state index contributed by atoms with van der Waals surface area (Å²) in [6, 6.07) is 11.4. The maximum Gasteiger partial charge on any atom is 0.231 e. The van der Waals surface area contributed by atoms with Crippen LogP contribution < -0.4 is 30.0 Å². The van der Waals surface area contributed by atoms with Gasteiger partial charge in [0.05, 0.1) is 14.2 Å². The molecule has 9 nitrogen and oxygen atoms in total. The van der Waals surface area contributed by atoms with Gasteiger partial charge in [-0.1, -0.05) is 12.1 Å². The summed E-state index contributed by atoms with van der Waals surface area (Å²) in [6.45, 7) is 4.38. The zero-order valence-electron chi connectivity index (χ0n) is 18.4. The maximum atomic E-state index is 6.24. The topological polar surface area (TPSA) is 114 Å². The Labute approximate surface area is 186 Å². The molecule has 0 amide bonds. The molecule has 32 heavy (non-hydrogen) atoms. The molecule has 2 heterocycles. The van der Waals surface area contributed by atoms with E-state index in [1.54, 1.807) is 14.2 Å². The molecule has 1 aliphatic rings. The number of nitrogens with two attached hydrogens (primary N) is 1. The molecule has 0 bridgehead atoms. The summed E-state index contributed by atoms with van der Waals surface area (Å²) in [5, 5.41) is 3.25. The van der Waals surface area contributed by atoms with Crippen LogP contribution in [0.3, 0.4) is 0 Å². The van der Waals surface area contributed by atoms with Crippen molar-refractivity contribution >= 4 is 11.5 Å². The van der Waals surface area contributed by atoms with Crippen molar-refractivity contribution in [1.82, 2.24) is 15.0 Å². The molecule has 0 unspecified atom stereocenters. The molecule has 0 aliphatic carbocycles. The Bertz CT molecular complexity index is 1180. The fraction of sp³-hybridized carbons (Fsp3) is 0.261. The Hall–Kier alpha value is -4.01. The molecule has 0 fully saturated rings. The SMILES string of the molecule is COc1ccc(C(=C(C)N)c2nc(C)nc(NCc3ccc4c(c3)OCO4)n2)cc1OC. The summed E-state index contributed by atoms with van der Waals surface area (Å²) in [6.07, 6.45) is 0. The highest BCUT2D eigenvalue weighted by Crippen LogP contribution is 2.34. The zero-order valence-corrected chi connectivity index (χ0v) is 18.4. The summed E-state index contributed by atoms with van der Waals surface area (Å²) in [5.41, 5.74) is 9.34. The van der Waals surface area contributed by atoms with Crippen LogP contribution >= 0.6 is 0 Å². The van der Waals surface area contributed by atoms with Gasteiger partial charge in [-0.3, -0.25) is 0 Å². The van der Waals surface area contributed by atoms with Gasteiger partial charge in [-0.15, -0.1) is 0 Å². The first kappa shape index (κ1) is 21.2. The first-order chi connectivity index (χ1) is 15.5. The van der Waals surface area contributed by atoms with Crippen molar-refractivity contribution in [1.29, 1.82) is 0 Å². The van der Waals surface area contributed by atoms with E-state index in [0.717, 1.165) is 22.6 Å². The lowest BCUT2D eigenvalue weighted by molar-refractivity contribution is 0.174. The molecule has 1 aromatic heterocycles. The number of methoxy groups -OCH3 is 2. The van der Waals surface area contributed by atoms with Crippen LogP contribution in [0.15, 0.2) is 42.1 Å². The molecular formula is C23H25N5O4. The number of aryl methyl sites for hydroxylation is 1. The molecule has 166 valence electrons. The van der Waals surface area contributed by atoms with Gasteiger partial charge < -0.3 is 30.0 Å². The van der Waals surface area contributed by atoms with Crippen LogP contribution in [0.4, 0.5) is 5.95 Å². The lowest BCUT2D eigenvalue weighted by atomic mass is 10.0. The molecule has 0 radical (unpaired) electrons. The average molecular weight is 435 g/mol. The molecule has 1 aliphatic heterocycles. The number of hydrogen-bond acceptors (Lipinski definition) is 9. The zero-order chi connectivity index (χ0) is 22.7. The Morgan fingerprint density at radius 1 is 1.00 bits per heavy atom. The molecular weight excluding hydrogens is 410 g/mol. The first-order valence-corrected chi connectivity index (χ1v) is 10.0. The Balaban J connectivity index is 1.62. The van der Waals surface area contributed by atoms with E-state index in [1.165, 1.54) is 0 Å². The summed E-state index contributed by atoms with van der Waals surface area (Å²) >= 11 is 0. The van der Waals surface area contributed by atoms with Crippen LogP contribution in [0.25, 0.3) is 5.57 Å². The third kappa shape index (κ3) is 4.36. The normalized spacial score (nSPS) is 12.9. The molecule has 0 spiro atoms. The van der Waals surface area contributed by atoms with Crippen LogP contribution in [-0.2, 0) is 6.54 Å². The fourth-order valence-electron chi connectivity index (χ4n) is 3.43. The number of nitrogens with zero attached hydrogens (tertiary/aromatic N) is 3. The standard InChI is InChI=1S/C23H25N5O4/c1-13(24)21(16-6-8-17(29-3)19(10-16)30-4)22-26-14(2)27-23(28-22)25-11-15-5-7-18-20(9-15)32-12-31-18/h5-10H,11-12,24H2,1-4H3,(H,25,26,27,28). The van der Waals surface area contributed by atoms with Gasteiger partial charge in [0, 0.05) is 17.8 Å². The Morgan fingerprint density at radius 3 is 2.53 bits per heavy atom. The van der Waals surface area contributed by atoms with Crippen molar-refractivity contribution in [2.75, 3.05) is 26.3 Å². The minimum absolute atomic E-state index is 0.242. The number of nitrogens with one attached hydrogen (secondary N) is 1. The number of rotatable bonds is 7. The maximum absolute atomic E-state index is 6.24. The van der Waals surface area contributed by atoms with Crippen LogP contribution in [0.5, 0.6) is 23.0 Å². The van der Waals surface area contributed by atoms with Crippen molar-refractivity contribution in [2.45, 2.75) is 20.4 Å². The number of anilines is 1. The highest BCUT2D eigenvalue weighted by molar-refractivity contribution is 5.79. The van der Waals surface area contributed by atoms with Crippen LogP contribution in [0, 0.1) is 6.92 Å². The molecule has 0 saturated carbocycles. The first-order valence-electron chi connectivity index (χ1n) is 10.0. The summed E-state index contributed by atoms with van der Waals surface area (Å²) in [5.74, 6) is 4.19. The third-order valence-corrected chi connectivity index (χ3v) is 4.92. The van der Waals surface area contributed by atoms with E-state index < -0.39 is 0 Å². The summed E-state index contributed by atoms with van der Waals surface area (Å²) in [7, 11) is 3.18. The van der Waals surface area contributed by atoms with Gasteiger partial charge in [-0.2, -0.15) is 9.97 Å². The highest BCUT2D eigenvalue weighted by atomic mass is 16.7. The van der Waals surface area contributed by atoms with Crippen LogP contribution in [0.1, 0.15) is 29.7 Å². The van der Waals surface area contributed by atoms with Crippen molar-refractivity contribution in [3.8, 4) is 23.0 Å². The Morgan fingerprint density at radius 2 is 1.78 bits per heavy atom. The van der Waals surface area contributed by atoms with E-state index >= 15 is 0 Å². The quantitative estimate of drug-likeness (QED) is 0.577. The molecule has 0 atom stereocenters. The van der Waals surface area contributed by atoms with Gasteiger partial charge in [-0.25, -0.2) is 4.98 Å². The van der Waals surface area contributed by atoms with Crippen molar-refractivity contribution < 1.29 is 18.9 Å². The van der Waals surface area contributed by atoms with Crippen molar-refractivity contribution in [2.24, 2.45) is 5.73 Å². The lowest BCUT2D eigenvalue weighted by Crippen LogP contribution is -2.11. The minimum atomic E-state index is 0.242. The summed E-state index contributed by atoms with van der Waals surface area (Å²) < 4.78 is 21.6. The second-order valence-electron chi connectivity index (χ2n) is 7.20. The van der Waals surface area contributed by atoms with E-state index in [-0.39, 0.29) is 6.79 Å². The number of hydrogen-bond donors (Lipinski definition) is 2. The largest absolute Gasteiger partial charge is 0.493 e. The van der Waals surface area contributed by atoms with Gasteiger partial charge in [0.1, 0.15) is 5.82 Å². The second-order valence-corrected chi connectivity index (χ2v) is 7.20. The predicted molar refractivity (Wildman–Crippen MR) is 120 cm³/mol. The number of ether oxygens (including phenoxy) is 4. The molecule has 2 aromatic carbocycles. The number of aromatic nitrogens is 3. The van der Waals surface area contributed by atoms with Gasteiger partial charge in [0.25, 0.3) is 0 Å². The summed E-state index contributed by atoms with van der Waals surface area (Å²) in [4.78, 5) is 13.6. The van der Waals surface area contributed by atoms with Crippen LogP contribution in [0.2, 0.25) is 0 Å². The van der Waals surface area contributed by atoms with Gasteiger partial charge in [0.2, 0.25) is 12.7 Å². The number of benzene rings is 2. The second kappa shape index (κ2) is 9.01. The Kier molecular flexibility index (Phi) is 5.98. The smallest absolute Gasteiger partial charge is 0.231 e. The molecule has 3 aromatic rings. The van der Waals surface area contributed by atoms with E-state index in [9.17, 15) is 0 Å². The predicted octanol–water partition coefficient (Wildman–Crippen LogP) is 3.28. The van der Waals surface area contributed by atoms with Crippen LogP contribution in [-0.4, -0.2) is 36.0 Å². The van der Waals surface area contributed by atoms with Gasteiger partial charge in [-0.05, 0) is 49.2 Å². The third-order valence-electron chi connectivity index (χ3n) is 4.92. The number of fused-ring (bicyclic) bond motifs is 1. The van der Waals surface area contributed by atoms with E-state index in [0.29, 0.717) is 46.9 Å². The molecule has 3 N–H and O–H groups in total. The highest BCUT2D eigenvalue weighted by Gasteiger charge is 2.17. The van der Waals surface area contributed by atoms with E-state index in [4.69, 9.17) is 24.7 Å². The van der Waals surface area contributed by atoms with E-state index in [2.05, 4.69) is 20.3 Å². The lowest BCUT2D eigenvalue weighted by Gasteiger charge is -2.14. The molecule has 9 heteroatoms. The van der Waals surface area contributed by atoms with E-state index in [1.807, 2.05) is 50.2 Å².